The Morgan fingerprint density at radius 1 is 1.18 bits per heavy atom. The molecule has 3 heterocycles. The Kier molecular flexibility index (Phi) is 3.54. The zero-order valence-corrected chi connectivity index (χ0v) is 12.6. The summed E-state index contributed by atoms with van der Waals surface area (Å²) in [7, 11) is 0. The molecule has 0 bridgehead atoms. The first kappa shape index (κ1) is 13.7. The highest BCUT2D eigenvalue weighted by Gasteiger charge is 2.22. The summed E-state index contributed by atoms with van der Waals surface area (Å²) in [5.41, 5.74) is 4.92. The van der Waals surface area contributed by atoms with E-state index in [4.69, 9.17) is 0 Å². The van der Waals surface area contributed by atoms with Gasteiger partial charge in [-0.3, -0.25) is 10.00 Å². The second-order valence-corrected chi connectivity index (χ2v) is 6.08. The summed E-state index contributed by atoms with van der Waals surface area (Å²) < 4.78 is 13.2. The minimum Gasteiger partial charge on any atom is -0.369 e. The number of hydrogen-bond acceptors (Lipinski definition) is 4. The summed E-state index contributed by atoms with van der Waals surface area (Å²) >= 11 is 0. The van der Waals surface area contributed by atoms with Crippen molar-refractivity contribution in [1.82, 2.24) is 20.1 Å². The Hall–Kier alpha value is -1.95. The Bertz CT molecular complexity index is 660. The van der Waals surface area contributed by atoms with Crippen LogP contribution in [0.25, 0.3) is 0 Å². The molecule has 2 aromatic rings. The summed E-state index contributed by atoms with van der Waals surface area (Å²) in [4.78, 5) is 8.27. The quantitative estimate of drug-likeness (QED) is 0.878. The lowest BCUT2D eigenvalue weighted by Gasteiger charge is -2.35. The molecule has 5 nitrogen and oxygen atoms in total. The Morgan fingerprint density at radius 3 is 2.86 bits per heavy atom. The lowest BCUT2D eigenvalue weighted by Crippen LogP contribution is -2.46. The van der Waals surface area contributed by atoms with E-state index < -0.39 is 5.95 Å². The predicted octanol–water partition coefficient (Wildman–Crippen LogP) is 1.75. The van der Waals surface area contributed by atoms with Gasteiger partial charge in [-0.2, -0.15) is 9.49 Å². The molecule has 116 valence electrons. The first-order chi connectivity index (χ1) is 10.8. The molecule has 1 N–H and O–H groups in total. The van der Waals surface area contributed by atoms with Gasteiger partial charge in [0.1, 0.15) is 0 Å². The van der Waals surface area contributed by atoms with Crippen molar-refractivity contribution < 1.29 is 4.39 Å². The van der Waals surface area contributed by atoms with E-state index in [-0.39, 0.29) is 0 Å². The van der Waals surface area contributed by atoms with E-state index in [9.17, 15) is 4.39 Å². The SMILES string of the molecule is Fc1cc(N2CCN(Cc3n[nH]c4c3CCC4)CC2)ccn1. The highest BCUT2D eigenvalue weighted by molar-refractivity contribution is 5.45. The maximum absolute atomic E-state index is 13.2. The summed E-state index contributed by atoms with van der Waals surface area (Å²) in [6.07, 6.45) is 5.09. The van der Waals surface area contributed by atoms with Crippen LogP contribution in [0, 0.1) is 5.95 Å². The zero-order chi connectivity index (χ0) is 14.9. The number of nitrogens with zero attached hydrogens (tertiary/aromatic N) is 4. The largest absolute Gasteiger partial charge is 0.369 e. The van der Waals surface area contributed by atoms with Crippen LogP contribution in [0.4, 0.5) is 10.1 Å². The molecule has 0 atom stereocenters. The van der Waals surface area contributed by atoms with Crippen LogP contribution in [0.15, 0.2) is 18.3 Å². The van der Waals surface area contributed by atoms with Crippen LogP contribution in [-0.2, 0) is 19.4 Å². The number of aromatic amines is 1. The second kappa shape index (κ2) is 5.68. The molecule has 1 saturated heterocycles. The summed E-state index contributed by atoms with van der Waals surface area (Å²) in [6.45, 7) is 4.70. The fourth-order valence-electron chi connectivity index (χ4n) is 3.48. The number of halogens is 1. The van der Waals surface area contributed by atoms with E-state index >= 15 is 0 Å². The van der Waals surface area contributed by atoms with Crippen molar-refractivity contribution in [3.05, 3.63) is 41.2 Å². The average molecular weight is 301 g/mol. The van der Waals surface area contributed by atoms with Crippen LogP contribution in [0.1, 0.15) is 23.4 Å². The predicted molar refractivity (Wildman–Crippen MR) is 82.3 cm³/mol. The molecule has 6 heteroatoms. The Morgan fingerprint density at radius 2 is 2.05 bits per heavy atom. The lowest BCUT2D eigenvalue weighted by molar-refractivity contribution is 0.246. The molecule has 0 saturated carbocycles. The highest BCUT2D eigenvalue weighted by Crippen LogP contribution is 2.24. The van der Waals surface area contributed by atoms with Gasteiger partial charge in [0.15, 0.2) is 0 Å². The van der Waals surface area contributed by atoms with Crippen LogP contribution in [0.3, 0.4) is 0 Å². The number of aromatic nitrogens is 3. The van der Waals surface area contributed by atoms with Gasteiger partial charge in [-0.05, 0) is 30.9 Å². The maximum atomic E-state index is 13.2. The molecule has 1 aliphatic carbocycles. The van der Waals surface area contributed by atoms with Crippen molar-refractivity contribution in [2.75, 3.05) is 31.1 Å². The number of anilines is 1. The van der Waals surface area contributed by atoms with Gasteiger partial charge in [-0.15, -0.1) is 0 Å². The highest BCUT2D eigenvalue weighted by atomic mass is 19.1. The fraction of sp³-hybridized carbons (Fsp3) is 0.500. The summed E-state index contributed by atoms with van der Waals surface area (Å²) in [6, 6.07) is 3.38. The third kappa shape index (κ3) is 2.59. The minimum atomic E-state index is -0.410. The van der Waals surface area contributed by atoms with Crippen LogP contribution in [0.2, 0.25) is 0 Å². The van der Waals surface area contributed by atoms with Gasteiger partial charge in [-0.1, -0.05) is 0 Å². The van der Waals surface area contributed by atoms with E-state index in [1.807, 2.05) is 6.07 Å². The van der Waals surface area contributed by atoms with Crippen LogP contribution >= 0.6 is 0 Å². The number of pyridine rings is 1. The summed E-state index contributed by atoms with van der Waals surface area (Å²) in [5.74, 6) is -0.410. The van der Waals surface area contributed by atoms with E-state index in [1.165, 1.54) is 35.6 Å². The zero-order valence-electron chi connectivity index (χ0n) is 12.6. The number of aryl methyl sites for hydroxylation is 1. The third-order valence-electron chi connectivity index (χ3n) is 4.71. The van der Waals surface area contributed by atoms with E-state index in [0.29, 0.717) is 0 Å². The smallest absolute Gasteiger partial charge is 0.214 e. The van der Waals surface area contributed by atoms with E-state index in [0.717, 1.165) is 51.3 Å². The van der Waals surface area contributed by atoms with Gasteiger partial charge < -0.3 is 4.90 Å². The molecule has 0 aromatic carbocycles. The molecule has 0 amide bonds. The molecule has 0 spiro atoms. The average Bonchev–Trinajstić information content (AvgIpc) is 3.13. The van der Waals surface area contributed by atoms with Crippen molar-refractivity contribution in [2.24, 2.45) is 0 Å². The third-order valence-corrected chi connectivity index (χ3v) is 4.71. The number of rotatable bonds is 3. The molecule has 2 aliphatic rings. The number of piperazine rings is 1. The maximum Gasteiger partial charge on any atom is 0.214 e. The van der Waals surface area contributed by atoms with Gasteiger partial charge in [0.2, 0.25) is 5.95 Å². The standard InChI is InChI=1S/C16H20FN5/c17-16-10-12(4-5-18-16)22-8-6-21(7-9-22)11-15-13-2-1-3-14(13)19-20-15/h4-5,10H,1-3,6-9,11H2,(H,19,20). The van der Waals surface area contributed by atoms with Gasteiger partial charge in [0.05, 0.1) is 5.69 Å². The van der Waals surface area contributed by atoms with E-state index in [2.05, 4.69) is 25.0 Å². The first-order valence-corrected chi connectivity index (χ1v) is 7.93. The van der Waals surface area contributed by atoms with Crippen LogP contribution < -0.4 is 4.90 Å². The number of nitrogens with one attached hydrogen (secondary N) is 1. The van der Waals surface area contributed by atoms with Crippen molar-refractivity contribution >= 4 is 5.69 Å². The molecule has 1 aliphatic heterocycles. The summed E-state index contributed by atoms with van der Waals surface area (Å²) in [5, 5.41) is 7.66. The second-order valence-electron chi connectivity index (χ2n) is 6.08. The molecule has 4 rings (SSSR count). The Labute approximate surface area is 129 Å². The normalized spacial score (nSPS) is 18.7. The first-order valence-electron chi connectivity index (χ1n) is 7.93. The molecular formula is C16H20FN5. The number of H-pyrrole nitrogens is 1. The van der Waals surface area contributed by atoms with Crippen molar-refractivity contribution in [3.8, 4) is 0 Å². The van der Waals surface area contributed by atoms with Crippen LogP contribution in [0.5, 0.6) is 0 Å². The topological polar surface area (TPSA) is 48.0 Å². The van der Waals surface area contributed by atoms with Crippen molar-refractivity contribution in [3.63, 3.8) is 0 Å². The Balaban J connectivity index is 1.37. The molecular weight excluding hydrogens is 281 g/mol. The van der Waals surface area contributed by atoms with Gasteiger partial charge in [0, 0.05) is 56.4 Å². The van der Waals surface area contributed by atoms with Gasteiger partial charge >= 0.3 is 0 Å². The van der Waals surface area contributed by atoms with Crippen molar-refractivity contribution in [1.29, 1.82) is 0 Å². The lowest BCUT2D eigenvalue weighted by atomic mass is 10.2. The minimum absolute atomic E-state index is 0.410. The van der Waals surface area contributed by atoms with Crippen molar-refractivity contribution in [2.45, 2.75) is 25.8 Å². The number of hydrogen-bond donors (Lipinski definition) is 1. The molecule has 1 fully saturated rings. The molecule has 2 aromatic heterocycles. The monoisotopic (exact) mass is 301 g/mol. The van der Waals surface area contributed by atoms with Crippen LogP contribution in [-0.4, -0.2) is 46.3 Å². The molecule has 22 heavy (non-hydrogen) atoms. The number of fused-ring (bicyclic) bond motifs is 1. The van der Waals surface area contributed by atoms with E-state index in [1.54, 1.807) is 0 Å². The fourth-order valence-corrected chi connectivity index (χ4v) is 3.48. The molecule has 0 radical (unpaired) electrons. The molecule has 0 unspecified atom stereocenters. The van der Waals surface area contributed by atoms with Gasteiger partial charge in [0.25, 0.3) is 0 Å². The van der Waals surface area contributed by atoms with Gasteiger partial charge in [-0.25, -0.2) is 4.98 Å².